The minimum atomic E-state index is -5.05. The first-order valence-corrected chi connectivity index (χ1v) is 2.50. The Morgan fingerprint density at radius 2 is 1.73 bits per heavy atom. The summed E-state index contributed by atoms with van der Waals surface area (Å²) in [6.45, 7) is 0. The molecule has 0 saturated carbocycles. The highest BCUT2D eigenvalue weighted by atomic mass is 19.4. The second kappa shape index (κ2) is 2.02. The molecule has 1 aliphatic heterocycles. The number of hydrogen-bond acceptors (Lipinski definition) is 1. The van der Waals surface area contributed by atoms with E-state index in [9.17, 15) is 26.3 Å². The third-order valence-electron chi connectivity index (χ3n) is 1.19. The van der Waals surface area contributed by atoms with Crippen LogP contribution in [0.1, 0.15) is 0 Å². The number of epoxide rings is 1. The molecule has 0 spiro atoms. The van der Waals surface area contributed by atoms with E-state index in [0.29, 0.717) is 0 Å². The van der Waals surface area contributed by atoms with Crippen LogP contribution in [-0.2, 0) is 4.74 Å². The van der Waals surface area contributed by atoms with Gasteiger partial charge in [-0.3, -0.25) is 0 Å². The molecule has 1 fully saturated rings. The SMILES string of the molecule is FC(F)C1(F)OC1C(F)(F)F. The van der Waals surface area contributed by atoms with Crippen molar-refractivity contribution in [3.05, 3.63) is 0 Å². The van der Waals surface area contributed by atoms with Crippen LogP contribution in [0.3, 0.4) is 0 Å². The van der Waals surface area contributed by atoms with Crippen molar-refractivity contribution >= 4 is 0 Å². The maximum Gasteiger partial charge on any atom is 0.420 e. The van der Waals surface area contributed by atoms with Crippen molar-refractivity contribution in [1.29, 1.82) is 0 Å². The first-order chi connectivity index (χ1) is 4.78. The summed E-state index contributed by atoms with van der Waals surface area (Å²) in [6.07, 6.45) is -11.8. The van der Waals surface area contributed by atoms with E-state index in [4.69, 9.17) is 0 Å². The molecule has 2 atom stereocenters. The van der Waals surface area contributed by atoms with Crippen LogP contribution < -0.4 is 0 Å². The summed E-state index contributed by atoms with van der Waals surface area (Å²) in [5.74, 6) is -3.81. The molecule has 1 aliphatic rings. The van der Waals surface area contributed by atoms with Gasteiger partial charge in [0, 0.05) is 0 Å². The van der Waals surface area contributed by atoms with Gasteiger partial charge in [0.25, 0.3) is 6.43 Å². The molecule has 7 heteroatoms. The summed E-state index contributed by atoms with van der Waals surface area (Å²) >= 11 is 0. The number of ether oxygens (including phenoxy) is 1. The molecule has 0 aromatic heterocycles. The first kappa shape index (κ1) is 8.63. The van der Waals surface area contributed by atoms with E-state index in [2.05, 4.69) is 4.74 Å². The van der Waals surface area contributed by atoms with E-state index in [1.807, 2.05) is 0 Å². The van der Waals surface area contributed by atoms with Gasteiger partial charge in [0.15, 0.2) is 0 Å². The molecule has 1 heterocycles. The zero-order chi connectivity index (χ0) is 8.86. The molecule has 2 unspecified atom stereocenters. The zero-order valence-electron chi connectivity index (χ0n) is 4.83. The monoisotopic (exact) mass is 180 g/mol. The average Bonchev–Trinajstić information content (AvgIpc) is 2.41. The Morgan fingerprint density at radius 1 is 1.27 bits per heavy atom. The Kier molecular flexibility index (Phi) is 1.59. The van der Waals surface area contributed by atoms with Crippen molar-refractivity contribution in [3.8, 4) is 0 Å². The third kappa shape index (κ3) is 1.29. The fourth-order valence-electron chi connectivity index (χ4n) is 0.602. The Hall–Kier alpha value is -0.460. The molecule has 0 amide bonds. The van der Waals surface area contributed by atoms with Crippen LogP contribution in [-0.4, -0.2) is 24.6 Å². The van der Waals surface area contributed by atoms with Gasteiger partial charge in [-0.25, -0.2) is 13.2 Å². The number of alkyl halides is 6. The maximum atomic E-state index is 12.1. The number of rotatable bonds is 1. The summed E-state index contributed by atoms with van der Waals surface area (Å²) in [4.78, 5) is 0. The molecular weight excluding hydrogens is 178 g/mol. The van der Waals surface area contributed by atoms with Gasteiger partial charge in [-0.05, 0) is 0 Å². The van der Waals surface area contributed by atoms with Gasteiger partial charge in [-0.2, -0.15) is 13.2 Å². The van der Waals surface area contributed by atoms with Gasteiger partial charge in [-0.1, -0.05) is 0 Å². The van der Waals surface area contributed by atoms with Crippen molar-refractivity contribution in [1.82, 2.24) is 0 Å². The van der Waals surface area contributed by atoms with E-state index in [0.717, 1.165) is 0 Å². The van der Waals surface area contributed by atoms with Crippen LogP contribution in [0.15, 0.2) is 0 Å². The summed E-state index contributed by atoms with van der Waals surface area (Å²) in [7, 11) is 0. The summed E-state index contributed by atoms with van der Waals surface area (Å²) in [5.41, 5.74) is 0. The lowest BCUT2D eigenvalue weighted by Crippen LogP contribution is -2.28. The summed E-state index contributed by atoms with van der Waals surface area (Å²) in [5, 5.41) is 0. The van der Waals surface area contributed by atoms with Gasteiger partial charge in [0.2, 0.25) is 6.10 Å². The minimum Gasteiger partial charge on any atom is -0.320 e. The molecule has 0 aromatic carbocycles. The third-order valence-corrected chi connectivity index (χ3v) is 1.19. The van der Waals surface area contributed by atoms with Crippen molar-refractivity contribution in [2.75, 3.05) is 0 Å². The number of hydrogen-bond donors (Lipinski definition) is 0. The number of halogens is 6. The van der Waals surface area contributed by atoms with Crippen molar-refractivity contribution in [3.63, 3.8) is 0 Å². The predicted molar refractivity (Wildman–Crippen MR) is 20.8 cm³/mol. The largest absolute Gasteiger partial charge is 0.420 e. The quantitative estimate of drug-likeness (QED) is 0.443. The van der Waals surface area contributed by atoms with Crippen LogP contribution in [0, 0.1) is 0 Å². The van der Waals surface area contributed by atoms with Gasteiger partial charge in [-0.15, -0.1) is 0 Å². The van der Waals surface area contributed by atoms with E-state index in [-0.39, 0.29) is 0 Å². The Balaban J connectivity index is 2.60. The average molecular weight is 180 g/mol. The molecule has 11 heavy (non-hydrogen) atoms. The first-order valence-electron chi connectivity index (χ1n) is 2.50. The normalized spacial score (nSPS) is 37.9. The maximum absolute atomic E-state index is 12.1. The highest BCUT2D eigenvalue weighted by Crippen LogP contribution is 2.51. The lowest BCUT2D eigenvalue weighted by atomic mass is 10.3. The van der Waals surface area contributed by atoms with Crippen LogP contribution >= 0.6 is 0 Å². The lowest BCUT2D eigenvalue weighted by Gasteiger charge is -2.02. The molecule has 0 bridgehead atoms. The molecule has 1 rings (SSSR count). The van der Waals surface area contributed by atoms with E-state index >= 15 is 0 Å². The Labute approximate surface area is 56.9 Å². The van der Waals surface area contributed by atoms with Crippen LogP contribution in [0.4, 0.5) is 26.3 Å². The van der Waals surface area contributed by atoms with Gasteiger partial charge >= 0.3 is 12.0 Å². The van der Waals surface area contributed by atoms with Crippen LogP contribution in [0.25, 0.3) is 0 Å². The molecular formula is C4H2F6O. The topological polar surface area (TPSA) is 12.5 Å². The molecule has 66 valence electrons. The fourth-order valence-corrected chi connectivity index (χ4v) is 0.602. The van der Waals surface area contributed by atoms with Gasteiger partial charge in [0.05, 0.1) is 0 Å². The Bertz CT molecular complexity index is 164. The molecule has 0 radical (unpaired) electrons. The minimum absolute atomic E-state index is 2.96. The fraction of sp³-hybridized carbons (Fsp3) is 1.00. The second-order valence-corrected chi connectivity index (χ2v) is 2.04. The molecule has 1 saturated heterocycles. The smallest absolute Gasteiger partial charge is 0.320 e. The van der Waals surface area contributed by atoms with Gasteiger partial charge < -0.3 is 4.74 Å². The summed E-state index contributed by atoms with van der Waals surface area (Å²) in [6, 6.07) is 0. The van der Waals surface area contributed by atoms with E-state index < -0.39 is 24.6 Å². The van der Waals surface area contributed by atoms with Crippen LogP contribution in [0.5, 0.6) is 0 Å². The second-order valence-electron chi connectivity index (χ2n) is 2.04. The molecule has 0 N–H and O–H groups in total. The predicted octanol–water partition coefficient (Wildman–Crippen LogP) is 1.88. The zero-order valence-corrected chi connectivity index (χ0v) is 4.83. The molecule has 0 aromatic rings. The van der Waals surface area contributed by atoms with Crippen LogP contribution in [0.2, 0.25) is 0 Å². The highest BCUT2D eigenvalue weighted by molar-refractivity contribution is 5.00. The van der Waals surface area contributed by atoms with Crippen molar-refractivity contribution < 1.29 is 31.1 Å². The van der Waals surface area contributed by atoms with E-state index in [1.165, 1.54) is 0 Å². The van der Waals surface area contributed by atoms with Crippen molar-refractivity contribution in [2.24, 2.45) is 0 Å². The summed E-state index contributed by atoms with van der Waals surface area (Å²) < 4.78 is 72.2. The Morgan fingerprint density at radius 3 is 1.82 bits per heavy atom. The molecule has 1 nitrogen and oxygen atoms in total. The van der Waals surface area contributed by atoms with Gasteiger partial charge in [0.1, 0.15) is 0 Å². The van der Waals surface area contributed by atoms with Crippen molar-refractivity contribution in [2.45, 2.75) is 24.6 Å². The highest BCUT2D eigenvalue weighted by Gasteiger charge is 2.76. The van der Waals surface area contributed by atoms with E-state index in [1.54, 1.807) is 0 Å². The standard InChI is InChI=1S/C4H2F6O/c5-2(6)3(7)1(11-3)4(8,9)10/h1-2H. The molecule has 0 aliphatic carbocycles. The lowest BCUT2D eigenvalue weighted by molar-refractivity contribution is -0.150.